The predicted molar refractivity (Wildman–Crippen MR) is 134 cm³/mol. The summed E-state index contributed by atoms with van der Waals surface area (Å²) in [4.78, 5) is 7.19. The highest BCUT2D eigenvalue weighted by molar-refractivity contribution is 14.0. The highest BCUT2D eigenvalue weighted by atomic mass is 127. The maximum Gasteiger partial charge on any atom is 0.191 e. The molecular formula is C22H32IN3O3S. The van der Waals surface area contributed by atoms with Crippen molar-refractivity contribution in [3.05, 3.63) is 41.3 Å². The molecule has 0 saturated carbocycles. The van der Waals surface area contributed by atoms with Gasteiger partial charge in [0.2, 0.25) is 0 Å². The number of hydrogen-bond donors (Lipinski definition) is 2. The van der Waals surface area contributed by atoms with Gasteiger partial charge in [0.15, 0.2) is 5.96 Å². The monoisotopic (exact) mass is 545 g/mol. The summed E-state index contributed by atoms with van der Waals surface area (Å²) in [5.74, 6) is 1.72. The standard InChI is InChI=1S/C22H31N3O3S.HI/c1-3-23-22(24-12-4-13-28-19-11-14-27-16-19)25-15-20-9-10-21(29-20)17-5-7-18(26-2)8-6-17;/h5-10,19H,3-4,11-16H2,1-2H3,(H2,23,24,25);1H. The SMILES string of the molecule is CCNC(=NCc1ccc(-c2ccc(OC)cc2)s1)NCCCOC1CCOC1.I. The first-order chi connectivity index (χ1) is 14.3. The minimum atomic E-state index is 0. The number of aliphatic imine (C=N–C) groups is 1. The number of guanidine groups is 1. The number of hydrogen-bond acceptors (Lipinski definition) is 5. The van der Waals surface area contributed by atoms with Crippen LogP contribution in [-0.2, 0) is 16.0 Å². The van der Waals surface area contributed by atoms with Gasteiger partial charge in [0.05, 0.1) is 26.4 Å². The van der Waals surface area contributed by atoms with Gasteiger partial charge in [-0.15, -0.1) is 35.3 Å². The fourth-order valence-corrected chi connectivity index (χ4v) is 3.98. The topological polar surface area (TPSA) is 64.1 Å². The normalized spacial score (nSPS) is 16.2. The summed E-state index contributed by atoms with van der Waals surface area (Å²) in [7, 11) is 1.68. The van der Waals surface area contributed by atoms with E-state index in [0.29, 0.717) is 6.54 Å². The second-order valence-electron chi connectivity index (χ2n) is 6.83. The Labute approximate surface area is 200 Å². The average Bonchev–Trinajstić information content (AvgIpc) is 3.44. The summed E-state index contributed by atoms with van der Waals surface area (Å²) in [5.41, 5.74) is 1.20. The van der Waals surface area contributed by atoms with Gasteiger partial charge in [-0.2, -0.15) is 0 Å². The molecule has 2 aromatic rings. The van der Waals surface area contributed by atoms with E-state index in [-0.39, 0.29) is 30.1 Å². The molecule has 1 aliphatic rings. The third kappa shape index (κ3) is 8.05. The number of rotatable bonds is 10. The zero-order valence-corrected chi connectivity index (χ0v) is 20.8. The summed E-state index contributed by atoms with van der Waals surface area (Å²) in [6.45, 7) is 6.71. The molecule has 1 aliphatic heterocycles. The number of benzene rings is 1. The Bertz CT molecular complexity index is 761. The molecule has 0 radical (unpaired) electrons. The lowest BCUT2D eigenvalue weighted by Crippen LogP contribution is -2.38. The maximum absolute atomic E-state index is 5.80. The van der Waals surface area contributed by atoms with Crippen LogP contribution in [0.3, 0.4) is 0 Å². The molecule has 0 spiro atoms. The van der Waals surface area contributed by atoms with Gasteiger partial charge in [-0.3, -0.25) is 0 Å². The summed E-state index contributed by atoms with van der Waals surface area (Å²) < 4.78 is 16.4. The van der Waals surface area contributed by atoms with Crippen LogP contribution >= 0.6 is 35.3 Å². The van der Waals surface area contributed by atoms with E-state index in [1.54, 1.807) is 18.4 Å². The van der Waals surface area contributed by atoms with E-state index in [2.05, 4.69) is 41.8 Å². The molecule has 1 aromatic heterocycles. The van der Waals surface area contributed by atoms with Crippen LogP contribution in [0.25, 0.3) is 10.4 Å². The first-order valence-corrected chi connectivity index (χ1v) is 11.0. The molecule has 3 rings (SSSR count). The van der Waals surface area contributed by atoms with Crippen LogP contribution in [0.2, 0.25) is 0 Å². The number of halogens is 1. The molecule has 1 saturated heterocycles. The fourth-order valence-electron chi connectivity index (χ4n) is 3.05. The van der Waals surface area contributed by atoms with Gasteiger partial charge in [-0.1, -0.05) is 0 Å². The smallest absolute Gasteiger partial charge is 0.191 e. The van der Waals surface area contributed by atoms with Crippen molar-refractivity contribution in [1.29, 1.82) is 0 Å². The van der Waals surface area contributed by atoms with Crippen LogP contribution in [0, 0.1) is 0 Å². The Morgan fingerprint density at radius 1 is 1.20 bits per heavy atom. The number of nitrogens with zero attached hydrogens (tertiary/aromatic N) is 1. The first-order valence-electron chi connectivity index (χ1n) is 10.2. The van der Waals surface area contributed by atoms with E-state index in [0.717, 1.165) is 57.5 Å². The third-order valence-electron chi connectivity index (χ3n) is 4.63. The van der Waals surface area contributed by atoms with Crippen molar-refractivity contribution in [2.45, 2.75) is 32.4 Å². The van der Waals surface area contributed by atoms with Crippen molar-refractivity contribution in [3.8, 4) is 16.2 Å². The molecule has 2 heterocycles. The third-order valence-corrected chi connectivity index (χ3v) is 5.75. The van der Waals surface area contributed by atoms with Gasteiger partial charge in [-0.25, -0.2) is 4.99 Å². The van der Waals surface area contributed by atoms with Gasteiger partial charge < -0.3 is 24.8 Å². The molecule has 30 heavy (non-hydrogen) atoms. The van der Waals surface area contributed by atoms with Gasteiger partial charge in [0, 0.05) is 36.1 Å². The molecule has 0 aliphatic carbocycles. The van der Waals surface area contributed by atoms with Crippen LogP contribution in [0.15, 0.2) is 41.4 Å². The second-order valence-corrected chi connectivity index (χ2v) is 7.99. The van der Waals surface area contributed by atoms with E-state index in [1.807, 2.05) is 12.1 Å². The minimum Gasteiger partial charge on any atom is -0.497 e. The van der Waals surface area contributed by atoms with Gasteiger partial charge in [0.25, 0.3) is 0 Å². The summed E-state index contributed by atoms with van der Waals surface area (Å²) >= 11 is 1.77. The van der Waals surface area contributed by atoms with Gasteiger partial charge >= 0.3 is 0 Å². The lowest BCUT2D eigenvalue weighted by Gasteiger charge is -2.12. The summed E-state index contributed by atoms with van der Waals surface area (Å²) in [6, 6.07) is 12.5. The molecule has 166 valence electrons. The number of methoxy groups -OCH3 is 1. The molecule has 1 aromatic carbocycles. The van der Waals surface area contributed by atoms with E-state index in [4.69, 9.17) is 19.2 Å². The van der Waals surface area contributed by atoms with Crippen molar-refractivity contribution in [3.63, 3.8) is 0 Å². The van der Waals surface area contributed by atoms with Crippen molar-refractivity contribution in [2.24, 2.45) is 4.99 Å². The molecule has 1 atom stereocenters. The van der Waals surface area contributed by atoms with E-state index in [1.165, 1.54) is 15.3 Å². The maximum atomic E-state index is 5.80. The Morgan fingerprint density at radius 3 is 2.73 bits per heavy atom. The molecule has 6 nitrogen and oxygen atoms in total. The second kappa shape index (κ2) is 13.8. The molecule has 0 bridgehead atoms. The summed E-state index contributed by atoms with van der Waals surface area (Å²) in [6.07, 6.45) is 2.23. The minimum absolute atomic E-state index is 0. The Hall–Kier alpha value is -1.36. The highest BCUT2D eigenvalue weighted by Gasteiger charge is 2.15. The van der Waals surface area contributed by atoms with Crippen molar-refractivity contribution >= 4 is 41.3 Å². The lowest BCUT2D eigenvalue weighted by molar-refractivity contribution is 0.0420. The van der Waals surface area contributed by atoms with Crippen molar-refractivity contribution in [1.82, 2.24) is 10.6 Å². The van der Waals surface area contributed by atoms with Gasteiger partial charge in [-0.05, 0) is 61.7 Å². The Kier molecular flexibility index (Phi) is 11.5. The van der Waals surface area contributed by atoms with E-state index >= 15 is 0 Å². The van der Waals surface area contributed by atoms with E-state index < -0.39 is 0 Å². The fraction of sp³-hybridized carbons (Fsp3) is 0.500. The summed E-state index contributed by atoms with van der Waals surface area (Å²) in [5, 5.41) is 6.69. The van der Waals surface area contributed by atoms with Crippen LogP contribution in [0.1, 0.15) is 24.6 Å². The van der Waals surface area contributed by atoms with Crippen LogP contribution < -0.4 is 15.4 Å². The van der Waals surface area contributed by atoms with Gasteiger partial charge in [0.1, 0.15) is 5.75 Å². The highest BCUT2D eigenvalue weighted by Crippen LogP contribution is 2.29. The molecule has 1 unspecified atom stereocenters. The molecule has 1 fully saturated rings. The average molecular weight is 545 g/mol. The molecule has 0 amide bonds. The Balaban J connectivity index is 0.00000320. The predicted octanol–water partition coefficient (Wildman–Crippen LogP) is 4.29. The van der Waals surface area contributed by atoms with Crippen LogP contribution in [-0.4, -0.2) is 52.1 Å². The first kappa shape index (κ1) is 24.9. The zero-order chi connectivity index (χ0) is 20.3. The van der Waals surface area contributed by atoms with Crippen molar-refractivity contribution in [2.75, 3.05) is 40.0 Å². The zero-order valence-electron chi connectivity index (χ0n) is 17.7. The van der Waals surface area contributed by atoms with E-state index in [9.17, 15) is 0 Å². The number of nitrogens with one attached hydrogen (secondary N) is 2. The van der Waals surface area contributed by atoms with Crippen LogP contribution in [0.5, 0.6) is 5.75 Å². The number of ether oxygens (including phenoxy) is 3. The Morgan fingerprint density at radius 2 is 2.03 bits per heavy atom. The number of thiophene rings is 1. The lowest BCUT2D eigenvalue weighted by atomic mass is 10.2. The molecular weight excluding hydrogens is 513 g/mol. The van der Waals surface area contributed by atoms with Crippen molar-refractivity contribution < 1.29 is 14.2 Å². The quantitative estimate of drug-likeness (QED) is 0.202. The largest absolute Gasteiger partial charge is 0.497 e. The molecule has 8 heteroatoms. The van der Waals surface area contributed by atoms with Crippen LogP contribution in [0.4, 0.5) is 0 Å². The molecule has 2 N–H and O–H groups in total.